The third-order valence-electron chi connectivity index (χ3n) is 4.82. The van der Waals surface area contributed by atoms with Crippen molar-refractivity contribution in [2.75, 3.05) is 0 Å². The Labute approximate surface area is 171 Å². The van der Waals surface area contributed by atoms with E-state index in [1.165, 1.54) is 0 Å². The molecule has 0 aliphatic carbocycles. The highest BCUT2D eigenvalue weighted by atomic mass is 32.2. The van der Waals surface area contributed by atoms with Crippen LogP contribution in [0.2, 0.25) is 0 Å². The molecule has 5 aliphatic rings. The van der Waals surface area contributed by atoms with E-state index in [2.05, 4.69) is 33.5 Å². The Hall–Kier alpha value is -3.64. The summed E-state index contributed by atoms with van der Waals surface area (Å²) < 4.78 is 0. The van der Waals surface area contributed by atoms with Gasteiger partial charge in [-0.1, -0.05) is 11.8 Å². The van der Waals surface area contributed by atoms with Crippen molar-refractivity contribution in [1.82, 2.24) is 10.3 Å². The minimum atomic E-state index is 0.891. The van der Waals surface area contributed by atoms with Crippen molar-refractivity contribution < 1.29 is 0 Å². The summed E-state index contributed by atoms with van der Waals surface area (Å²) in [5, 5.41) is 8.58. The quantitative estimate of drug-likeness (QED) is 0.712. The summed E-state index contributed by atoms with van der Waals surface area (Å²) in [6.07, 6.45) is 22.1. The van der Waals surface area contributed by atoms with Crippen LogP contribution in [0.4, 0.5) is 0 Å². The largest absolute Gasteiger partial charge is 0.355 e. The Morgan fingerprint density at radius 3 is 1.93 bits per heavy atom. The van der Waals surface area contributed by atoms with E-state index in [0.29, 0.717) is 0 Å². The van der Waals surface area contributed by atoms with Crippen molar-refractivity contribution >= 4 is 46.1 Å². The molecule has 0 saturated carbocycles. The van der Waals surface area contributed by atoms with Crippen LogP contribution in [-0.2, 0) is 0 Å². The molecular weight excluding hydrogens is 378 g/mol. The van der Waals surface area contributed by atoms with Gasteiger partial charge in [0, 0.05) is 17.1 Å². The molecule has 6 heteroatoms. The predicted octanol–water partition coefficient (Wildman–Crippen LogP) is 2.82. The number of H-pyrrole nitrogens is 1. The van der Waals surface area contributed by atoms with Crippen molar-refractivity contribution in [2.24, 2.45) is 15.0 Å². The van der Waals surface area contributed by atoms with Crippen LogP contribution in [0, 0.1) is 0 Å². The summed E-state index contributed by atoms with van der Waals surface area (Å²) >= 11 is 1.68. The van der Waals surface area contributed by atoms with E-state index in [-0.39, 0.29) is 0 Å². The van der Waals surface area contributed by atoms with E-state index in [4.69, 9.17) is 9.98 Å². The van der Waals surface area contributed by atoms with Gasteiger partial charge in [-0.2, -0.15) is 0 Å². The zero-order valence-corrected chi connectivity index (χ0v) is 16.1. The number of aliphatic imine (C=N–C) groups is 3. The highest BCUT2D eigenvalue weighted by molar-refractivity contribution is 8.10. The summed E-state index contributed by atoms with van der Waals surface area (Å²) in [5.41, 5.74) is 6.38. The lowest BCUT2D eigenvalue weighted by atomic mass is 10.2. The fraction of sp³-hybridized carbons (Fsp3) is 0. The molecule has 8 bridgehead atoms. The average Bonchev–Trinajstić information content (AvgIpc) is 3.50. The molecule has 138 valence electrons. The van der Waals surface area contributed by atoms with Crippen molar-refractivity contribution in [3.8, 4) is 0 Å². The summed E-state index contributed by atoms with van der Waals surface area (Å²) in [6.45, 7) is 0. The first-order chi connectivity index (χ1) is 14.3. The minimum Gasteiger partial charge on any atom is -0.355 e. The van der Waals surface area contributed by atoms with Crippen LogP contribution >= 0.6 is 11.8 Å². The van der Waals surface area contributed by atoms with Gasteiger partial charge >= 0.3 is 0 Å². The molecule has 0 amide bonds. The van der Waals surface area contributed by atoms with E-state index >= 15 is 0 Å². The smallest absolute Gasteiger partial charge is 0.0859 e. The molecule has 0 spiro atoms. The normalized spacial score (nSPS) is 22.6. The molecule has 29 heavy (non-hydrogen) atoms. The monoisotopic (exact) mass is 393 g/mol. The van der Waals surface area contributed by atoms with Gasteiger partial charge in [0.25, 0.3) is 0 Å². The van der Waals surface area contributed by atoms with Crippen LogP contribution in [0.15, 0.2) is 98.4 Å². The van der Waals surface area contributed by atoms with Crippen molar-refractivity contribution in [3.05, 3.63) is 99.6 Å². The number of hydrogen-bond donors (Lipinski definition) is 2. The van der Waals surface area contributed by atoms with Crippen molar-refractivity contribution in [1.29, 1.82) is 0 Å². The molecule has 0 unspecified atom stereocenters. The van der Waals surface area contributed by atoms with Gasteiger partial charge in [-0.05, 0) is 72.2 Å². The topological polar surface area (TPSA) is 64.9 Å². The molecule has 6 heterocycles. The Balaban J connectivity index is 1.58. The highest BCUT2D eigenvalue weighted by Gasteiger charge is 2.11. The molecule has 1 aromatic rings. The first kappa shape index (κ1) is 16.3. The number of rotatable bonds is 0. The van der Waals surface area contributed by atoms with Crippen LogP contribution in [0.25, 0.3) is 17.2 Å². The van der Waals surface area contributed by atoms with Crippen LogP contribution in [-0.4, -0.2) is 22.1 Å². The molecule has 0 fully saturated rings. The standard InChI is InChI=1S/C23H15N5S/c1-2-15-10-17-5-6-19(27-17)13-22-21(23-24-7-8-29-23)12-20(28-22)11-18-4-3-16(26-18)9-14(1)25-15/h1-13,24,28H. The second kappa shape index (κ2) is 6.46. The van der Waals surface area contributed by atoms with Crippen LogP contribution in [0.1, 0.15) is 5.69 Å². The maximum Gasteiger partial charge on any atom is 0.0859 e. The third-order valence-corrected chi connectivity index (χ3v) is 5.66. The van der Waals surface area contributed by atoms with Crippen molar-refractivity contribution in [2.45, 2.75) is 0 Å². The van der Waals surface area contributed by atoms with Gasteiger partial charge in [0.2, 0.25) is 0 Å². The second-order valence-electron chi connectivity index (χ2n) is 6.91. The lowest BCUT2D eigenvalue weighted by Gasteiger charge is -1.94. The second-order valence-corrected chi connectivity index (χ2v) is 7.82. The first-order valence-corrected chi connectivity index (χ1v) is 10.2. The van der Waals surface area contributed by atoms with Gasteiger partial charge in [-0.3, -0.25) is 0 Å². The zero-order valence-electron chi connectivity index (χ0n) is 15.3. The maximum atomic E-state index is 4.73. The number of aromatic nitrogens is 1. The zero-order chi connectivity index (χ0) is 19.2. The van der Waals surface area contributed by atoms with Crippen LogP contribution in [0.3, 0.4) is 0 Å². The lowest BCUT2D eigenvalue weighted by Crippen LogP contribution is -2.27. The van der Waals surface area contributed by atoms with Gasteiger partial charge in [0.05, 0.1) is 44.6 Å². The minimum absolute atomic E-state index is 0.891. The Morgan fingerprint density at radius 2 is 1.31 bits per heavy atom. The fourth-order valence-corrected chi connectivity index (χ4v) is 4.24. The molecule has 6 rings (SSSR count). The summed E-state index contributed by atoms with van der Waals surface area (Å²) in [4.78, 5) is 17.6. The van der Waals surface area contributed by atoms with E-state index in [1.54, 1.807) is 11.8 Å². The third kappa shape index (κ3) is 3.13. The lowest BCUT2D eigenvalue weighted by molar-refractivity contribution is 1.25. The average molecular weight is 393 g/mol. The van der Waals surface area contributed by atoms with Crippen molar-refractivity contribution in [3.63, 3.8) is 0 Å². The van der Waals surface area contributed by atoms with Gasteiger partial charge in [0.1, 0.15) is 0 Å². The Bertz CT molecular complexity index is 1370. The number of aromatic amines is 1. The Kier molecular flexibility index (Phi) is 3.64. The SMILES string of the molecule is C1=CSC(=c2cc3[nH]c2=CC2=NC(=CC4=NC(=CC5=NC(=C3)C=C5)C=C4)C=C2)N1. The summed E-state index contributed by atoms with van der Waals surface area (Å²) in [7, 11) is 0. The summed E-state index contributed by atoms with van der Waals surface area (Å²) in [5.74, 6) is 0. The van der Waals surface area contributed by atoms with E-state index in [9.17, 15) is 0 Å². The van der Waals surface area contributed by atoms with E-state index in [0.717, 1.165) is 55.5 Å². The number of hydrogen-bond acceptors (Lipinski definition) is 5. The van der Waals surface area contributed by atoms with Gasteiger partial charge < -0.3 is 10.3 Å². The fourth-order valence-electron chi connectivity index (χ4n) is 3.53. The molecule has 0 saturated heterocycles. The summed E-state index contributed by atoms with van der Waals surface area (Å²) in [6, 6.07) is 2.14. The number of fused-ring (bicyclic) bond motifs is 5. The number of nitrogens with one attached hydrogen (secondary N) is 2. The maximum absolute atomic E-state index is 4.73. The molecule has 1 aromatic heterocycles. The van der Waals surface area contributed by atoms with Gasteiger partial charge in [0.15, 0.2) is 0 Å². The molecule has 5 nitrogen and oxygen atoms in total. The van der Waals surface area contributed by atoms with E-state index in [1.807, 2.05) is 60.2 Å². The van der Waals surface area contributed by atoms with Crippen LogP contribution < -0.4 is 15.9 Å². The Morgan fingerprint density at radius 1 is 0.690 bits per heavy atom. The molecular formula is C23H15N5S. The van der Waals surface area contributed by atoms with Crippen LogP contribution in [0.5, 0.6) is 0 Å². The highest BCUT2D eigenvalue weighted by Crippen LogP contribution is 2.20. The van der Waals surface area contributed by atoms with Gasteiger partial charge in [-0.15, -0.1) is 0 Å². The molecule has 2 N–H and O–H groups in total. The first-order valence-electron chi connectivity index (χ1n) is 9.27. The molecule has 0 atom stereocenters. The number of allylic oxidation sites excluding steroid dienone is 8. The van der Waals surface area contributed by atoms with Gasteiger partial charge in [-0.25, -0.2) is 15.0 Å². The van der Waals surface area contributed by atoms with E-state index < -0.39 is 0 Å². The number of nitrogens with zero attached hydrogens (tertiary/aromatic N) is 3. The molecule has 0 aromatic carbocycles. The number of thioether (sulfide) groups is 1. The molecule has 0 radical (unpaired) electrons. The predicted molar refractivity (Wildman–Crippen MR) is 122 cm³/mol. The molecule has 5 aliphatic heterocycles.